The van der Waals surface area contributed by atoms with E-state index in [-0.39, 0.29) is 18.4 Å². The molecule has 0 aliphatic rings. The molecular weight excluding hydrogens is 414 g/mol. The van der Waals surface area contributed by atoms with Crippen molar-refractivity contribution in [2.24, 2.45) is 0 Å². The maximum atomic E-state index is 12.5. The van der Waals surface area contributed by atoms with Crippen molar-refractivity contribution in [3.05, 3.63) is 101 Å². The van der Waals surface area contributed by atoms with Crippen LogP contribution in [0.25, 0.3) is 10.9 Å². The van der Waals surface area contributed by atoms with E-state index in [2.05, 4.69) is 45.9 Å². The minimum atomic E-state index is -0.333. The van der Waals surface area contributed by atoms with Gasteiger partial charge < -0.3 is 20.4 Å². The highest BCUT2D eigenvalue weighted by molar-refractivity contribution is 5.99. The molecule has 0 aliphatic carbocycles. The van der Waals surface area contributed by atoms with Gasteiger partial charge in [0.2, 0.25) is 5.91 Å². The van der Waals surface area contributed by atoms with Crippen LogP contribution in [-0.2, 0) is 17.8 Å². The number of rotatable bonds is 8. The van der Waals surface area contributed by atoms with Crippen molar-refractivity contribution >= 4 is 22.7 Å². The highest BCUT2D eigenvalue weighted by atomic mass is 16.5. The predicted octanol–water partition coefficient (Wildman–Crippen LogP) is 4.12. The molecule has 6 nitrogen and oxygen atoms in total. The number of aromatic amines is 1. The van der Waals surface area contributed by atoms with Gasteiger partial charge in [0.1, 0.15) is 11.4 Å². The Morgan fingerprint density at radius 1 is 0.909 bits per heavy atom. The van der Waals surface area contributed by atoms with E-state index < -0.39 is 0 Å². The van der Waals surface area contributed by atoms with Gasteiger partial charge in [-0.2, -0.15) is 0 Å². The fourth-order valence-electron chi connectivity index (χ4n) is 3.78. The molecule has 0 fully saturated rings. The monoisotopic (exact) mass is 441 g/mol. The molecule has 3 N–H and O–H groups in total. The zero-order chi connectivity index (χ0) is 23.2. The molecule has 0 bridgehead atoms. The van der Waals surface area contributed by atoms with Gasteiger partial charge in [-0.1, -0.05) is 54.1 Å². The summed E-state index contributed by atoms with van der Waals surface area (Å²) in [5.41, 5.74) is 5.83. The molecule has 3 aromatic carbocycles. The summed E-state index contributed by atoms with van der Waals surface area (Å²) in [4.78, 5) is 28.0. The largest absolute Gasteiger partial charge is 0.497 e. The Morgan fingerprint density at radius 3 is 2.52 bits per heavy atom. The average Bonchev–Trinajstić information content (AvgIpc) is 3.26. The number of methoxy groups -OCH3 is 1. The molecule has 4 aromatic rings. The Hall–Kier alpha value is -4.06. The van der Waals surface area contributed by atoms with Gasteiger partial charge in [-0.15, -0.1) is 0 Å². The van der Waals surface area contributed by atoms with Gasteiger partial charge in [-0.05, 0) is 54.3 Å². The number of ether oxygens (including phenoxy) is 1. The van der Waals surface area contributed by atoms with Crippen LogP contribution in [0.5, 0.6) is 5.75 Å². The van der Waals surface area contributed by atoms with E-state index in [1.54, 1.807) is 13.2 Å². The van der Waals surface area contributed by atoms with E-state index in [0.717, 1.165) is 34.2 Å². The van der Waals surface area contributed by atoms with Crippen molar-refractivity contribution in [3.8, 4) is 5.75 Å². The lowest BCUT2D eigenvalue weighted by Crippen LogP contribution is -2.36. The van der Waals surface area contributed by atoms with Crippen LogP contribution in [0.2, 0.25) is 0 Å². The molecule has 6 heteroatoms. The molecule has 0 atom stereocenters. The number of amides is 2. The lowest BCUT2D eigenvalue weighted by Gasteiger charge is -2.12. The van der Waals surface area contributed by atoms with Crippen molar-refractivity contribution in [2.45, 2.75) is 19.9 Å². The molecule has 33 heavy (non-hydrogen) atoms. The average molecular weight is 442 g/mol. The van der Waals surface area contributed by atoms with Gasteiger partial charge >= 0.3 is 0 Å². The Balaban J connectivity index is 1.34. The maximum absolute atomic E-state index is 12.5. The third kappa shape index (κ3) is 5.60. The topological polar surface area (TPSA) is 83.2 Å². The molecule has 4 rings (SSSR count). The van der Waals surface area contributed by atoms with E-state index in [4.69, 9.17) is 4.74 Å². The molecule has 0 saturated carbocycles. The molecule has 2 amide bonds. The summed E-state index contributed by atoms with van der Waals surface area (Å²) in [6.45, 7) is 2.34. The SMILES string of the molecule is COc1ccc2[nH]c(C(=O)NCC(=O)NCc3cc(C)ccc3Cc3ccccc3)cc2c1. The number of H-pyrrole nitrogens is 1. The normalized spacial score (nSPS) is 10.7. The van der Waals surface area contributed by atoms with Crippen LogP contribution < -0.4 is 15.4 Å². The van der Waals surface area contributed by atoms with Crippen LogP contribution in [-0.4, -0.2) is 30.5 Å². The number of hydrogen-bond acceptors (Lipinski definition) is 3. The number of fused-ring (bicyclic) bond motifs is 1. The van der Waals surface area contributed by atoms with Gasteiger partial charge in [0.25, 0.3) is 5.91 Å². The molecule has 0 saturated heterocycles. The highest BCUT2D eigenvalue weighted by Crippen LogP contribution is 2.21. The van der Waals surface area contributed by atoms with Crippen LogP contribution in [0, 0.1) is 6.92 Å². The Labute approximate surface area is 193 Å². The van der Waals surface area contributed by atoms with Gasteiger partial charge in [-0.25, -0.2) is 0 Å². The maximum Gasteiger partial charge on any atom is 0.268 e. The Kier molecular flexibility index (Phi) is 6.74. The number of aromatic nitrogens is 1. The third-order valence-electron chi connectivity index (χ3n) is 5.56. The molecule has 168 valence electrons. The number of carbonyl (C=O) groups excluding carboxylic acids is 2. The van der Waals surface area contributed by atoms with Crippen molar-refractivity contribution in [3.63, 3.8) is 0 Å². The van der Waals surface area contributed by atoms with Gasteiger partial charge in [0.05, 0.1) is 13.7 Å². The fourth-order valence-corrected chi connectivity index (χ4v) is 3.78. The van der Waals surface area contributed by atoms with E-state index in [1.807, 2.05) is 43.3 Å². The van der Waals surface area contributed by atoms with E-state index >= 15 is 0 Å². The number of carbonyl (C=O) groups is 2. The molecule has 0 radical (unpaired) electrons. The van der Waals surface area contributed by atoms with Crippen LogP contribution in [0.1, 0.15) is 32.7 Å². The van der Waals surface area contributed by atoms with Gasteiger partial charge in [0.15, 0.2) is 0 Å². The quantitative estimate of drug-likeness (QED) is 0.385. The summed E-state index contributed by atoms with van der Waals surface area (Å²) in [5, 5.41) is 6.47. The van der Waals surface area contributed by atoms with Crippen molar-refractivity contribution in [2.75, 3.05) is 13.7 Å². The summed E-state index contributed by atoms with van der Waals surface area (Å²) in [7, 11) is 1.60. The molecule has 0 spiro atoms. The zero-order valence-corrected chi connectivity index (χ0v) is 18.8. The van der Waals surface area contributed by atoms with Gasteiger partial charge in [-0.3, -0.25) is 9.59 Å². The summed E-state index contributed by atoms with van der Waals surface area (Å²) in [6.07, 6.45) is 0.800. The number of aryl methyl sites for hydroxylation is 1. The highest BCUT2D eigenvalue weighted by Gasteiger charge is 2.12. The predicted molar refractivity (Wildman–Crippen MR) is 129 cm³/mol. The molecule has 1 heterocycles. The number of benzene rings is 3. The Morgan fingerprint density at radius 2 is 1.73 bits per heavy atom. The molecular formula is C27H27N3O3. The second-order valence-electron chi connectivity index (χ2n) is 8.03. The van der Waals surface area contributed by atoms with E-state index in [9.17, 15) is 9.59 Å². The molecule has 0 aliphatic heterocycles. The summed E-state index contributed by atoms with van der Waals surface area (Å²) in [5.74, 6) is 0.143. The Bertz CT molecular complexity index is 1280. The van der Waals surface area contributed by atoms with Crippen LogP contribution in [0.3, 0.4) is 0 Å². The smallest absolute Gasteiger partial charge is 0.268 e. The zero-order valence-electron chi connectivity index (χ0n) is 18.8. The van der Waals surface area contributed by atoms with Gasteiger partial charge in [0, 0.05) is 17.4 Å². The van der Waals surface area contributed by atoms with E-state index in [0.29, 0.717) is 12.2 Å². The minimum Gasteiger partial charge on any atom is -0.497 e. The van der Waals surface area contributed by atoms with E-state index in [1.165, 1.54) is 11.1 Å². The second kappa shape index (κ2) is 10.0. The van der Waals surface area contributed by atoms with Crippen LogP contribution in [0.15, 0.2) is 72.8 Å². The summed E-state index contributed by atoms with van der Waals surface area (Å²) < 4.78 is 5.22. The van der Waals surface area contributed by atoms with Crippen molar-refractivity contribution in [1.29, 1.82) is 0 Å². The van der Waals surface area contributed by atoms with Crippen LogP contribution in [0.4, 0.5) is 0 Å². The lowest BCUT2D eigenvalue weighted by atomic mass is 9.98. The van der Waals surface area contributed by atoms with Crippen molar-refractivity contribution < 1.29 is 14.3 Å². The number of hydrogen-bond donors (Lipinski definition) is 3. The molecule has 0 unspecified atom stereocenters. The standard InChI is InChI=1S/C27H27N3O3/c1-18-8-9-20(13-19-6-4-3-5-7-19)22(12-18)16-28-26(31)17-29-27(32)25-15-21-14-23(33-2)10-11-24(21)30-25/h3-12,14-15,30H,13,16-17H2,1-2H3,(H,28,31)(H,29,32). The number of nitrogens with one attached hydrogen (secondary N) is 3. The summed E-state index contributed by atoms with van der Waals surface area (Å²) >= 11 is 0. The lowest BCUT2D eigenvalue weighted by molar-refractivity contribution is -0.120. The summed E-state index contributed by atoms with van der Waals surface area (Å²) in [6, 6.07) is 23.8. The van der Waals surface area contributed by atoms with Crippen LogP contribution >= 0.6 is 0 Å². The van der Waals surface area contributed by atoms with Crippen molar-refractivity contribution in [1.82, 2.24) is 15.6 Å². The first kappa shape index (κ1) is 22.1. The molecule has 1 aromatic heterocycles. The first-order chi connectivity index (χ1) is 16.0. The second-order valence-corrected chi connectivity index (χ2v) is 8.03. The fraction of sp³-hybridized carbons (Fsp3) is 0.185. The first-order valence-corrected chi connectivity index (χ1v) is 10.9. The first-order valence-electron chi connectivity index (χ1n) is 10.9. The third-order valence-corrected chi connectivity index (χ3v) is 5.56. The minimum absolute atomic E-state index is 0.0998.